The van der Waals surface area contributed by atoms with Gasteiger partial charge in [-0.05, 0) is 6.92 Å². The molecule has 2 heterocycles. The van der Waals surface area contributed by atoms with Gasteiger partial charge in [-0.15, -0.1) is 0 Å². The van der Waals surface area contributed by atoms with E-state index in [2.05, 4.69) is 48.1 Å². The molecular formula is C20H19N3+2. The van der Waals surface area contributed by atoms with Crippen molar-refractivity contribution in [3.63, 3.8) is 0 Å². The minimum atomic E-state index is 0.659. The largest absolute Gasteiger partial charge is 0.221 e. The SMILES string of the molecule is Cc1c(-[n+]2ccccc2C)cc(C#N)cc1-[n+]1ccccc1C. The van der Waals surface area contributed by atoms with E-state index in [4.69, 9.17) is 0 Å². The van der Waals surface area contributed by atoms with Gasteiger partial charge in [0.05, 0.1) is 17.2 Å². The molecule has 0 bridgehead atoms. The van der Waals surface area contributed by atoms with Crippen LogP contribution in [-0.2, 0) is 0 Å². The summed E-state index contributed by atoms with van der Waals surface area (Å²) in [5.74, 6) is 0. The first-order valence-corrected chi connectivity index (χ1v) is 7.62. The predicted octanol–water partition coefficient (Wildman–Crippen LogP) is 3.04. The molecule has 0 aliphatic carbocycles. The van der Waals surface area contributed by atoms with Crippen LogP contribution in [0.25, 0.3) is 11.4 Å². The van der Waals surface area contributed by atoms with E-state index in [1.807, 2.05) is 48.8 Å². The molecule has 3 nitrogen and oxygen atoms in total. The van der Waals surface area contributed by atoms with Crippen molar-refractivity contribution in [1.82, 2.24) is 0 Å². The lowest BCUT2D eigenvalue weighted by Gasteiger charge is -2.07. The molecule has 0 aliphatic heterocycles. The first-order valence-electron chi connectivity index (χ1n) is 7.62. The van der Waals surface area contributed by atoms with Crippen molar-refractivity contribution in [3.05, 3.63) is 83.4 Å². The van der Waals surface area contributed by atoms with Crippen LogP contribution >= 0.6 is 0 Å². The first kappa shape index (κ1) is 14.9. The van der Waals surface area contributed by atoms with E-state index in [1.165, 1.54) is 0 Å². The van der Waals surface area contributed by atoms with Gasteiger partial charge < -0.3 is 0 Å². The van der Waals surface area contributed by atoms with Gasteiger partial charge in [0, 0.05) is 50.2 Å². The van der Waals surface area contributed by atoms with Crippen LogP contribution in [0.3, 0.4) is 0 Å². The fourth-order valence-electron chi connectivity index (χ4n) is 2.85. The van der Waals surface area contributed by atoms with Gasteiger partial charge in [0.1, 0.15) is 0 Å². The maximum atomic E-state index is 9.44. The summed E-state index contributed by atoms with van der Waals surface area (Å²) in [4.78, 5) is 0. The number of rotatable bonds is 2. The van der Waals surface area contributed by atoms with Gasteiger partial charge in [-0.25, -0.2) is 0 Å². The van der Waals surface area contributed by atoms with E-state index < -0.39 is 0 Å². The molecule has 0 N–H and O–H groups in total. The lowest BCUT2D eigenvalue weighted by atomic mass is 10.1. The summed E-state index contributed by atoms with van der Waals surface area (Å²) < 4.78 is 4.25. The molecule has 0 aliphatic rings. The fourth-order valence-corrected chi connectivity index (χ4v) is 2.85. The Hall–Kier alpha value is -2.99. The first-order chi connectivity index (χ1) is 11.1. The molecule has 2 aromatic heterocycles. The van der Waals surface area contributed by atoms with Gasteiger partial charge in [-0.2, -0.15) is 14.4 Å². The van der Waals surface area contributed by atoms with E-state index in [0.29, 0.717) is 5.56 Å². The number of aryl methyl sites for hydroxylation is 2. The van der Waals surface area contributed by atoms with Gasteiger partial charge in [-0.3, -0.25) is 0 Å². The second kappa shape index (κ2) is 6.02. The number of hydrogen-bond donors (Lipinski definition) is 0. The zero-order valence-electron chi connectivity index (χ0n) is 13.6. The molecule has 0 spiro atoms. The molecular weight excluding hydrogens is 282 g/mol. The van der Waals surface area contributed by atoms with Gasteiger partial charge in [-0.1, -0.05) is 12.1 Å². The van der Waals surface area contributed by atoms with Crippen molar-refractivity contribution >= 4 is 0 Å². The van der Waals surface area contributed by atoms with Crippen LogP contribution in [0.1, 0.15) is 22.5 Å². The van der Waals surface area contributed by atoms with Crippen LogP contribution in [0.15, 0.2) is 60.9 Å². The molecule has 3 aromatic rings. The Morgan fingerprint density at radius 1 is 0.783 bits per heavy atom. The smallest absolute Gasteiger partial charge is 0.192 e. The lowest BCUT2D eigenvalue weighted by molar-refractivity contribution is -0.611. The number of hydrogen-bond acceptors (Lipinski definition) is 1. The summed E-state index contributed by atoms with van der Waals surface area (Å²) in [6, 6.07) is 18.4. The van der Waals surface area contributed by atoms with Crippen LogP contribution < -0.4 is 9.13 Å². The number of benzene rings is 1. The Morgan fingerprint density at radius 2 is 1.26 bits per heavy atom. The highest BCUT2D eigenvalue weighted by molar-refractivity contribution is 5.51. The minimum absolute atomic E-state index is 0.659. The summed E-state index contributed by atoms with van der Waals surface area (Å²) in [6.07, 6.45) is 4.07. The molecule has 0 radical (unpaired) electrons. The zero-order valence-corrected chi connectivity index (χ0v) is 13.6. The third-order valence-corrected chi connectivity index (χ3v) is 4.13. The fraction of sp³-hybridized carbons (Fsp3) is 0.150. The Labute approximate surface area is 136 Å². The molecule has 1 aromatic carbocycles. The lowest BCUT2D eigenvalue weighted by Crippen LogP contribution is -2.39. The van der Waals surface area contributed by atoms with Crippen molar-refractivity contribution < 1.29 is 9.13 Å². The third kappa shape index (κ3) is 2.72. The molecule has 0 saturated heterocycles. The third-order valence-electron chi connectivity index (χ3n) is 4.13. The number of pyridine rings is 2. The number of nitrogens with zero attached hydrogens (tertiary/aromatic N) is 3. The maximum Gasteiger partial charge on any atom is 0.221 e. The summed E-state index contributed by atoms with van der Waals surface area (Å²) >= 11 is 0. The van der Waals surface area contributed by atoms with Crippen LogP contribution in [-0.4, -0.2) is 0 Å². The van der Waals surface area contributed by atoms with Crippen molar-refractivity contribution in [1.29, 1.82) is 5.26 Å². The molecule has 3 rings (SSSR count). The highest BCUT2D eigenvalue weighted by Gasteiger charge is 2.23. The summed E-state index contributed by atoms with van der Waals surface area (Å²) in [5, 5.41) is 9.44. The molecule has 0 atom stereocenters. The van der Waals surface area contributed by atoms with Gasteiger partial charge >= 0.3 is 0 Å². The van der Waals surface area contributed by atoms with E-state index in [-0.39, 0.29) is 0 Å². The van der Waals surface area contributed by atoms with E-state index in [9.17, 15) is 5.26 Å². The topological polar surface area (TPSA) is 31.5 Å². The van der Waals surface area contributed by atoms with Gasteiger partial charge in [0.15, 0.2) is 23.8 Å². The average Bonchev–Trinajstić information content (AvgIpc) is 2.57. The minimum Gasteiger partial charge on any atom is -0.192 e. The molecule has 0 saturated carbocycles. The average molecular weight is 301 g/mol. The van der Waals surface area contributed by atoms with Gasteiger partial charge in [0.25, 0.3) is 0 Å². The standard InChI is InChI=1S/C20H19N3/c1-15-8-4-6-10-22(15)19-12-18(14-21)13-20(17(19)3)23-11-7-5-9-16(23)2/h4-13H,1-3H3/q+2. The van der Waals surface area contributed by atoms with Crippen LogP contribution in [0.5, 0.6) is 0 Å². The number of aromatic nitrogens is 2. The highest BCUT2D eigenvalue weighted by atomic mass is 15.0. The van der Waals surface area contributed by atoms with Crippen molar-refractivity contribution in [2.45, 2.75) is 20.8 Å². The number of nitriles is 1. The maximum absolute atomic E-state index is 9.44. The van der Waals surface area contributed by atoms with Crippen LogP contribution in [0.2, 0.25) is 0 Å². The predicted molar refractivity (Wildman–Crippen MR) is 88.4 cm³/mol. The Bertz CT molecular complexity index is 854. The summed E-state index contributed by atoms with van der Waals surface area (Å²) in [5.41, 5.74) is 6.13. The molecule has 0 fully saturated rings. The van der Waals surface area contributed by atoms with Crippen LogP contribution in [0.4, 0.5) is 0 Å². The summed E-state index contributed by atoms with van der Waals surface area (Å²) in [6.45, 7) is 6.24. The second-order valence-electron chi connectivity index (χ2n) is 5.68. The molecule has 23 heavy (non-hydrogen) atoms. The summed E-state index contributed by atoms with van der Waals surface area (Å²) in [7, 11) is 0. The van der Waals surface area contributed by atoms with E-state index in [0.717, 1.165) is 28.3 Å². The van der Waals surface area contributed by atoms with Crippen molar-refractivity contribution in [2.75, 3.05) is 0 Å². The van der Waals surface area contributed by atoms with E-state index >= 15 is 0 Å². The van der Waals surface area contributed by atoms with Gasteiger partial charge in [0.2, 0.25) is 11.4 Å². The van der Waals surface area contributed by atoms with Crippen molar-refractivity contribution in [3.8, 4) is 17.4 Å². The van der Waals surface area contributed by atoms with Crippen LogP contribution in [0, 0.1) is 32.1 Å². The van der Waals surface area contributed by atoms with E-state index in [1.54, 1.807) is 0 Å². The highest BCUT2D eigenvalue weighted by Crippen LogP contribution is 2.18. The molecule has 0 amide bonds. The van der Waals surface area contributed by atoms with Crippen molar-refractivity contribution in [2.24, 2.45) is 0 Å². The second-order valence-corrected chi connectivity index (χ2v) is 5.68. The molecule has 3 heteroatoms. The zero-order chi connectivity index (χ0) is 16.4. The Balaban J connectivity index is 2.32. The normalized spacial score (nSPS) is 10.3. The Morgan fingerprint density at radius 3 is 1.65 bits per heavy atom. The Kier molecular flexibility index (Phi) is 3.91. The quantitative estimate of drug-likeness (QED) is 0.669. The monoisotopic (exact) mass is 301 g/mol. The molecule has 112 valence electrons. The molecule has 0 unspecified atom stereocenters.